The van der Waals surface area contributed by atoms with Crippen molar-refractivity contribution in [3.63, 3.8) is 0 Å². The minimum absolute atomic E-state index is 0.0975. The van der Waals surface area contributed by atoms with E-state index in [1.54, 1.807) is 72.8 Å². The van der Waals surface area contributed by atoms with Gasteiger partial charge in [0, 0.05) is 0 Å². The van der Waals surface area contributed by atoms with E-state index in [1.807, 2.05) is 74.5 Å². The van der Waals surface area contributed by atoms with Gasteiger partial charge < -0.3 is 9.47 Å². The van der Waals surface area contributed by atoms with Gasteiger partial charge in [-0.25, -0.2) is 0 Å². The summed E-state index contributed by atoms with van der Waals surface area (Å²) in [6, 6.07) is 45.0. The normalized spacial score (nSPS) is 12.9. The molecule has 0 unspecified atom stereocenters. The third kappa shape index (κ3) is 9.54. The van der Waals surface area contributed by atoms with Gasteiger partial charge in [0.15, 0.2) is 0 Å². The van der Waals surface area contributed by atoms with Crippen LogP contribution < -0.4 is 9.47 Å². The second-order valence-corrected chi connectivity index (χ2v) is 15.4. The van der Waals surface area contributed by atoms with Crippen molar-refractivity contribution in [3.05, 3.63) is 191 Å². The van der Waals surface area contributed by atoms with Crippen molar-refractivity contribution in [2.45, 2.75) is 49.1 Å². The Balaban J connectivity index is 1.44. The Morgan fingerprint density at radius 2 is 0.808 bits per heavy atom. The zero-order valence-corrected chi connectivity index (χ0v) is 30.3. The van der Waals surface area contributed by atoms with E-state index in [1.165, 1.54) is 24.3 Å². The highest BCUT2D eigenvalue weighted by Crippen LogP contribution is 2.41. The van der Waals surface area contributed by atoms with Crippen molar-refractivity contribution in [2.24, 2.45) is 0 Å². The van der Waals surface area contributed by atoms with Gasteiger partial charge in [0.1, 0.15) is 36.9 Å². The molecule has 266 valence electrons. The molecule has 0 aliphatic carbocycles. The molecule has 6 rings (SSSR count). The molecule has 0 amide bonds. The molecule has 0 N–H and O–H groups in total. The molecule has 0 fully saturated rings. The van der Waals surface area contributed by atoms with E-state index in [-0.39, 0.29) is 23.0 Å². The third-order valence-electron chi connectivity index (χ3n) is 8.22. The quantitative estimate of drug-likeness (QED) is 0.0963. The minimum atomic E-state index is -4.47. The maximum Gasteiger partial charge on any atom is 0.297 e. The Bertz CT molecular complexity index is 2130. The van der Waals surface area contributed by atoms with Gasteiger partial charge >= 0.3 is 0 Å². The molecule has 0 aromatic heterocycles. The smallest absolute Gasteiger partial charge is 0.297 e. The van der Waals surface area contributed by atoms with Gasteiger partial charge in [0.25, 0.3) is 20.2 Å². The van der Waals surface area contributed by atoms with Crippen LogP contribution in [0.2, 0.25) is 0 Å². The van der Waals surface area contributed by atoms with Crippen LogP contribution in [0.3, 0.4) is 0 Å². The van der Waals surface area contributed by atoms with Gasteiger partial charge in [-0.2, -0.15) is 16.8 Å². The van der Waals surface area contributed by atoms with E-state index in [9.17, 15) is 16.8 Å². The highest BCUT2D eigenvalue weighted by molar-refractivity contribution is 7.87. The molecule has 0 spiro atoms. The van der Waals surface area contributed by atoms with Gasteiger partial charge in [-0.05, 0) is 84.6 Å². The lowest BCUT2D eigenvalue weighted by molar-refractivity contribution is 0.0611. The largest absolute Gasteiger partial charge is 0.489 e. The summed E-state index contributed by atoms with van der Waals surface area (Å²) in [6.45, 7) is 4.18. The van der Waals surface area contributed by atoms with E-state index < -0.39 is 32.4 Å². The van der Waals surface area contributed by atoms with Crippen molar-refractivity contribution < 1.29 is 34.7 Å². The van der Waals surface area contributed by atoms with Crippen LogP contribution in [0, 0.1) is 13.8 Å². The van der Waals surface area contributed by atoms with E-state index in [0.29, 0.717) is 22.6 Å². The Labute approximate surface area is 305 Å². The van der Waals surface area contributed by atoms with Crippen LogP contribution in [-0.4, -0.2) is 16.8 Å². The maximum absolute atomic E-state index is 14.0. The first-order chi connectivity index (χ1) is 25.1. The second-order valence-electron chi connectivity index (χ2n) is 12.3. The highest BCUT2D eigenvalue weighted by Gasteiger charge is 2.37. The predicted octanol–water partition coefficient (Wildman–Crippen LogP) is 9.05. The molecule has 0 radical (unpaired) electrons. The fourth-order valence-electron chi connectivity index (χ4n) is 5.40. The third-order valence-corrected chi connectivity index (χ3v) is 10.8. The Morgan fingerprint density at radius 1 is 0.442 bits per heavy atom. The van der Waals surface area contributed by atoms with E-state index in [4.69, 9.17) is 17.8 Å². The molecule has 0 heterocycles. The molecule has 10 heteroatoms. The Kier molecular flexibility index (Phi) is 11.5. The van der Waals surface area contributed by atoms with E-state index in [0.717, 1.165) is 22.3 Å². The standard InChI is InChI=1S/C42H38O8S2/c1-31-19-23-39(24-20-31)51(43,44)49-41(35-15-9-17-37(27-35)47-29-33-11-5-3-6-12-33)42(50-52(45,46)40-25-21-32(2)22-26-40)36-16-10-18-38(28-36)48-30-34-13-7-4-8-14-34/h3-28,41-42H,29-30H2,1-2H3/t41-,42-/m0/s1. The molecule has 2 atom stereocenters. The van der Waals surface area contributed by atoms with Gasteiger partial charge in [0.2, 0.25) is 0 Å². The first kappa shape index (κ1) is 36.5. The summed E-state index contributed by atoms with van der Waals surface area (Å²) in [5.74, 6) is 0.838. The molecular weight excluding hydrogens is 697 g/mol. The number of rotatable bonds is 15. The van der Waals surface area contributed by atoms with Crippen LogP contribution in [0.4, 0.5) is 0 Å². The summed E-state index contributed by atoms with van der Waals surface area (Å²) < 4.78 is 80.2. The van der Waals surface area contributed by atoms with Crippen LogP contribution in [-0.2, 0) is 41.8 Å². The molecule has 0 bridgehead atoms. The van der Waals surface area contributed by atoms with E-state index >= 15 is 0 Å². The molecule has 0 saturated heterocycles. The summed E-state index contributed by atoms with van der Waals surface area (Å²) in [4.78, 5) is -0.195. The van der Waals surface area contributed by atoms with Crippen LogP contribution in [0.15, 0.2) is 168 Å². The Morgan fingerprint density at radius 3 is 1.17 bits per heavy atom. The number of benzene rings is 6. The topological polar surface area (TPSA) is 105 Å². The SMILES string of the molecule is Cc1ccc(S(=O)(=O)O[C@@H](c2cccc(OCc3ccccc3)c2)[C@@H](OS(=O)(=O)c2ccc(C)cc2)c2cccc(OCc3ccccc3)c2)cc1. The van der Waals surface area contributed by atoms with Crippen molar-refractivity contribution in [1.29, 1.82) is 0 Å². The lowest BCUT2D eigenvalue weighted by atomic mass is 9.98. The van der Waals surface area contributed by atoms with Crippen molar-refractivity contribution in [1.82, 2.24) is 0 Å². The summed E-state index contributed by atoms with van der Waals surface area (Å²) in [5, 5.41) is 0. The van der Waals surface area contributed by atoms with Crippen molar-refractivity contribution >= 4 is 20.2 Å². The van der Waals surface area contributed by atoms with Crippen LogP contribution in [0.25, 0.3) is 0 Å². The van der Waals surface area contributed by atoms with E-state index in [2.05, 4.69) is 0 Å². The van der Waals surface area contributed by atoms with Gasteiger partial charge in [-0.15, -0.1) is 0 Å². The molecular formula is C42H38O8S2. The van der Waals surface area contributed by atoms with Crippen LogP contribution in [0.5, 0.6) is 11.5 Å². The zero-order valence-electron chi connectivity index (χ0n) is 28.7. The first-order valence-corrected chi connectivity index (χ1v) is 19.4. The molecule has 0 aliphatic heterocycles. The molecule has 8 nitrogen and oxygen atoms in total. The molecule has 0 aliphatic rings. The van der Waals surface area contributed by atoms with Crippen molar-refractivity contribution in [3.8, 4) is 11.5 Å². The van der Waals surface area contributed by atoms with Gasteiger partial charge in [-0.3, -0.25) is 8.37 Å². The second kappa shape index (κ2) is 16.4. The molecule has 6 aromatic carbocycles. The first-order valence-electron chi connectivity index (χ1n) is 16.6. The highest BCUT2D eigenvalue weighted by atomic mass is 32.2. The fraction of sp³-hybridized carbons (Fsp3) is 0.143. The van der Waals surface area contributed by atoms with Gasteiger partial charge in [-0.1, -0.05) is 120 Å². The lowest BCUT2D eigenvalue weighted by Gasteiger charge is -2.28. The minimum Gasteiger partial charge on any atom is -0.489 e. The van der Waals surface area contributed by atoms with Crippen molar-refractivity contribution in [2.75, 3.05) is 0 Å². The predicted molar refractivity (Wildman–Crippen MR) is 199 cm³/mol. The molecule has 0 saturated carbocycles. The summed E-state index contributed by atoms with van der Waals surface area (Å²) in [6.07, 6.45) is -3.01. The average molecular weight is 735 g/mol. The number of hydrogen-bond acceptors (Lipinski definition) is 8. The summed E-state index contributed by atoms with van der Waals surface area (Å²) in [5.41, 5.74) is 4.19. The van der Waals surface area contributed by atoms with Gasteiger partial charge in [0.05, 0.1) is 9.79 Å². The molecule has 52 heavy (non-hydrogen) atoms. The lowest BCUT2D eigenvalue weighted by Crippen LogP contribution is -2.24. The average Bonchev–Trinajstić information content (AvgIpc) is 3.16. The fourth-order valence-corrected chi connectivity index (χ4v) is 7.53. The summed E-state index contributed by atoms with van der Waals surface area (Å²) >= 11 is 0. The Hall–Kier alpha value is -5.26. The maximum atomic E-state index is 14.0. The molecule has 6 aromatic rings. The number of aryl methyl sites for hydroxylation is 2. The zero-order chi connectivity index (χ0) is 36.6. The number of ether oxygens (including phenoxy) is 2. The summed E-state index contributed by atoms with van der Waals surface area (Å²) in [7, 11) is -8.95. The monoisotopic (exact) mass is 734 g/mol. The number of hydrogen-bond donors (Lipinski definition) is 0. The van der Waals surface area contributed by atoms with Crippen LogP contribution in [0.1, 0.15) is 45.6 Å². The van der Waals surface area contributed by atoms with Crippen LogP contribution >= 0.6 is 0 Å².